The molecule has 3 N–H and O–H groups in total. The summed E-state index contributed by atoms with van der Waals surface area (Å²) in [5.41, 5.74) is 7.80. The molecule has 1 atom stereocenters. The van der Waals surface area contributed by atoms with Crippen LogP contribution in [0.4, 0.5) is 5.69 Å². The first-order valence-corrected chi connectivity index (χ1v) is 9.33. The average molecular weight is 485 g/mol. The van der Waals surface area contributed by atoms with E-state index in [0.717, 1.165) is 9.86 Å². The van der Waals surface area contributed by atoms with Crippen LogP contribution in [0, 0.1) is 0 Å². The van der Waals surface area contributed by atoms with Crippen LogP contribution in [-0.4, -0.2) is 5.91 Å². The van der Waals surface area contributed by atoms with Gasteiger partial charge in [-0.3, -0.25) is 4.79 Å². The molecule has 0 radical (unpaired) electrons. The number of hydrogen-bond donors (Lipinski definition) is 2. The Morgan fingerprint density at radius 1 is 1.28 bits per heavy atom. The molecule has 0 aliphatic heterocycles. The third kappa shape index (κ3) is 3.61. The van der Waals surface area contributed by atoms with Crippen LogP contribution in [-0.2, 0) is 4.79 Å². The Kier molecular flexibility index (Phi) is 5.22. The molecule has 0 saturated heterocycles. The van der Waals surface area contributed by atoms with E-state index in [-0.39, 0.29) is 11.6 Å². The first-order chi connectivity index (χ1) is 11.9. The maximum atomic E-state index is 12.7. The van der Waals surface area contributed by atoms with Crippen molar-refractivity contribution in [2.24, 2.45) is 5.73 Å². The maximum absolute atomic E-state index is 12.7. The number of halogens is 3. The molecule has 0 fully saturated rings. The number of anilines is 1. The number of carbonyl (C=O) groups is 1. The summed E-state index contributed by atoms with van der Waals surface area (Å²) in [6.45, 7) is 3.72. The number of rotatable bonds is 4. The minimum atomic E-state index is -0.628. The summed E-state index contributed by atoms with van der Waals surface area (Å²) in [6.07, 6.45) is 0. The Balaban J connectivity index is 2.00. The number of amides is 1. The molecule has 1 amide bonds. The van der Waals surface area contributed by atoms with Crippen molar-refractivity contribution in [2.45, 2.75) is 4.83 Å². The van der Waals surface area contributed by atoms with E-state index in [1.165, 1.54) is 0 Å². The highest BCUT2D eigenvalue weighted by atomic mass is 79.9. The van der Waals surface area contributed by atoms with Gasteiger partial charge in [-0.1, -0.05) is 68.2 Å². The highest BCUT2D eigenvalue weighted by molar-refractivity contribution is 9.10. The molecule has 0 spiro atoms. The van der Waals surface area contributed by atoms with Gasteiger partial charge >= 0.3 is 0 Å². The fourth-order valence-corrected chi connectivity index (χ4v) is 3.68. The molecule has 0 bridgehead atoms. The number of fused-ring (bicyclic) bond motifs is 1. The van der Waals surface area contributed by atoms with Gasteiger partial charge in [0, 0.05) is 14.9 Å². The van der Waals surface area contributed by atoms with E-state index >= 15 is 0 Å². The van der Waals surface area contributed by atoms with Gasteiger partial charge in [-0.15, -0.1) is 0 Å². The van der Waals surface area contributed by atoms with Crippen LogP contribution >= 0.6 is 43.5 Å². The fraction of sp³-hybridized carbons (Fsp3) is 0.0556. The highest BCUT2D eigenvalue weighted by Crippen LogP contribution is 2.37. The summed E-state index contributed by atoms with van der Waals surface area (Å²) >= 11 is 13.0. The van der Waals surface area contributed by atoms with Crippen molar-refractivity contribution in [3.05, 3.63) is 69.9 Å². The normalized spacial score (nSPS) is 12.1. The monoisotopic (exact) mass is 482 g/mol. The maximum Gasteiger partial charge on any atom is 0.242 e. The Morgan fingerprint density at radius 3 is 2.68 bits per heavy atom. The quantitative estimate of drug-likeness (QED) is 0.456. The second kappa shape index (κ2) is 7.23. The second-order valence-corrected chi connectivity index (χ2v) is 7.58. The molecule has 1 unspecified atom stereocenters. The van der Waals surface area contributed by atoms with Gasteiger partial charge in [-0.05, 0) is 29.8 Å². The Labute approximate surface area is 166 Å². The van der Waals surface area contributed by atoms with Gasteiger partial charge in [-0.25, -0.2) is 0 Å². The van der Waals surface area contributed by atoms with Crippen LogP contribution < -0.4 is 11.1 Å². The molecule has 1 heterocycles. The van der Waals surface area contributed by atoms with Gasteiger partial charge in [0.15, 0.2) is 5.76 Å². The van der Waals surface area contributed by atoms with Gasteiger partial charge in [0.25, 0.3) is 0 Å². The third-order valence-corrected chi connectivity index (χ3v) is 5.34. The summed E-state index contributed by atoms with van der Waals surface area (Å²) in [5.74, 6) is 0.0404. The number of carbonyl (C=O) groups excluding carboxylic acids is 1. The standard InChI is InChI=1S/C18H13Br2ClN2O2/c1-9(22)17-16(12-8-10(19)6-7-14(12)25-17)23-18(24)15(20)11-4-2-3-5-13(11)21/h2-8,15H,1,22H2,(H,23,24). The minimum Gasteiger partial charge on any atom is -0.452 e. The van der Waals surface area contributed by atoms with Crippen molar-refractivity contribution in [2.75, 3.05) is 5.32 Å². The lowest BCUT2D eigenvalue weighted by molar-refractivity contribution is -0.115. The van der Waals surface area contributed by atoms with E-state index < -0.39 is 4.83 Å². The molecule has 3 rings (SSSR count). The van der Waals surface area contributed by atoms with Crippen molar-refractivity contribution in [3.8, 4) is 0 Å². The fourth-order valence-electron chi connectivity index (χ4n) is 2.43. The van der Waals surface area contributed by atoms with E-state index in [2.05, 4.69) is 43.8 Å². The van der Waals surface area contributed by atoms with Crippen molar-refractivity contribution in [1.82, 2.24) is 0 Å². The lowest BCUT2D eigenvalue weighted by atomic mass is 10.1. The topological polar surface area (TPSA) is 68.3 Å². The Morgan fingerprint density at radius 2 is 2.00 bits per heavy atom. The minimum absolute atomic E-state index is 0.228. The van der Waals surface area contributed by atoms with E-state index in [4.69, 9.17) is 21.8 Å². The van der Waals surface area contributed by atoms with Crippen LogP contribution in [0.1, 0.15) is 16.2 Å². The van der Waals surface area contributed by atoms with Crippen LogP contribution in [0.3, 0.4) is 0 Å². The zero-order chi connectivity index (χ0) is 18.1. The van der Waals surface area contributed by atoms with Crippen molar-refractivity contribution in [3.63, 3.8) is 0 Å². The SMILES string of the molecule is C=C(N)c1oc2ccc(Br)cc2c1NC(=O)C(Br)c1ccccc1Cl. The van der Waals surface area contributed by atoms with Crippen LogP contribution in [0.25, 0.3) is 16.7 Å². The Bertz CT molecular complexity index is 984. The van der Waals surface area contributed by atoms with Gasteiger partial charge in [0.2, 0.25) is 5.91 Å². The van der Waals surface area contributed by atoms with Gasteiger partial charge < -0.3 is 15.5 Å². The molecular formula is C18H13Br2ClN2O2. The summed E-state index contributed by atoms with van der Waals surface area (Å²) in [7, 11) is 0. The number of furan rings is 1. The summed E-state index contributed by atoms with van der Waals surface area (Å²) in [5, 5.41) is 4.10. The largest absolute Gasteiger partial charge is 0.452 e. The van der Waals surface area contributed by atoms with Crippen LogP contribution in [0.5, 0.6) is 0 Å². The van der Waals surface area contributed by atoms with E-state index in [0.29, 0.717) is 27.6 Å². The second-order valence-electron chi connectivity index (χ2n) is 5.35. The summed E-state index contributed by atoms with van der Waals surface area (Å²) < 4.78 is 6.58. The van der Waals surface area contributed by atoms with Gasteiger partial charge in [0.05, 0.1) is 11.4 Å². The first kappa shape index (κ1) is 18.0. The highest BCUT2D eigenvalue weighted by Gasteiger charge is 2.24. The summed E-state index contributed by atoms with van der Waals surface area (Å²) in [4.78, 5) is 12.1. The molecule has 7 heteroatoms. The van der Waals surface area contributed by atoms with Crippen LogP contribution in [0.2, 0.25) is 5.02 Å². The predicted octanol–water partition coefficient (Wildman–Crippen LogP) is 5.85. The summed E-state index contributed by atoms with van der Waals surface area (Å²) in [6, 6.07) is 12.6. The number of nitrogens with two attached hydrogens (primary N) is 1. The average Bonchev–Trinajstić information content (AvgIpc) is 2.93. The van der Waals surface area contributed by atoms with Gasteiger partial charge in [0.1, 0.15) is 10.4 Å². The zero-order valence-electron chi connectivity index (χ0n) is 12.9. The van der Waals surface area contributed by atoms with Crippen molar-refractivity contribution >= 4 is 71.7 Å². The van der Waals surface area contributed by atoms with Gasteiger partial charge in [-0.2, -0.15) is 0 Å². The molecule has 0 aliphatic carbocycles. The van der Waals surface area contributed by atoms with Crippen molar-refractivity contribution < 1.29 is 9.21 Å². The van der Waals surface area contributed by atoms with E-state index in [1.54, 1.807) is 24.3 Å². The number of alkyl halides is 1. The molecule has 2 aromatic carbocycles. The number of nitrogens with one attached hydrogen (secondary N) is 1. The molecule has 25 heavy (non-hydrogen) atoms. The molecule has 4 nitrogen and oxygen atoms in total. The lowest BCUT2D eigenvalue weighted by Gasteiger charge is -2.13. The Hall–Kier alpha value is -1.76. The molecular weight excluding hydrogens is 471 g/mol. The smallest absolute Gasteiger partial charge is 0.242 e. The lowest BCUT2D eigenvalue weighted by Crippen LogP contribution is -2.18. The third-order valence-electron chi connectivity index (χ3n) is 3.60. The predicted molar refractivity (Wildman–Crippen MR) is 109 cm³/mol. The van der Waals surface area contributed by atoms with Crippen molar-refractivity contribution in [1.29, 1.82) is 0 Å². The molecule has 3 aromatic rings. The number of benzene rings is 2. The molecule has 1 aromatic heterocycles. The molecule has 0 saturated carbocycles. The zero-order valence-corrected chi connectivity index (χ0v) is 16.8. The first-order valence-electron chi connectivity index (χ1n) is 7.24. The molecule has 128 valence electrons. The number of hydrogen-bond acceptors (Lipinski definition) is 3. The van der Waals surface area contributed by atoms with E-state index in [9.17, 15) is 4.79 Å². The van der Waals surface area contributed by atoms with Crippen LogP contribution in [0.15, 0.2) is 57.9 Å². The molecule has 0 aliphatic rings. The van der Waals surface area contributed by atoms with E-state index in [1.807, 2.05) is 18.2 Å².